The lowest BCUT2D eigenvalue weighted by molar-refractivity contribution is 0.0194. The molecule has 2 rings (SSSR count). The Morgan fingerprint density at radius 1 is 1.54 bits per heavy atom. The third-order valence-corrected chi connectivity index (χ3v) is 2.67. The third kappa shape index (κ3) is 1.75. The fourth-order valence-electron chi connectivity index (χ4n) is 1.41. The molecule has 0 spiro atoms. The highest BCUT2D eigenvalue weighted by Gasteiger charge is 2.35. The Morgan fingerprint density at radius 3 is 2.92 bits per heavy atom. The average Bonchev–Trinajstić information content (AvgIpc) is 2.54. The molecule has 1 aromatic heterocycles. The minimum atomic E-state index is -0.874. The fraction of sp³-hybridized carbons (Fsp3) is 0.444. The molecule has 13 heavy (non-hydrogen) atoms. The van der Waals surface area contributed by atoms with Crippen LogP contribution >= 0.6 is 15.9 Å². The van der Waals surface area contributed by atoms with Gasteiger partial charge in [0.05, 0.1) is 12.3 Å². The molecule has 1 aromatic rings. The van der Waals surface area contributed by atoms with Crippen LogP contribution in [0.5, 0.6) is 0 Å². The number of ether oxygens (including phenoxy) is 1. The maximum atomic E-state index is 10.1. The summed E-state index contributed by atoms with van der Waals surface area (Å²) in [6, 6.07) is 3.69. The standard InChI is InChI=1S/C9H10BrNO2/c10-7-1-2-8(11-5-7)9(12)3-4-13-6-9/h1-2,5,12H,3-4,6H2. The van der Waals surface area contributed by atoms with Crippen molar-refractivity contribution in [2.75, 3.05) is 13.2 Å². The van der Waals surface area contributed by atoms with Crippen molar-refractivity contribution >= 4 is 15.9 Å². The van der Waals surface area contributed by atoms with Crippen molar-refractivity contribution in [1.29, 1.82) is 0 Å². The number of halogens is 1. The zero-order valence-corrected chi connectivity index (χ0v) is 8.62. The van der Waals surface area contributed by atoms with E-state index in [1.165, 1.54) is 0 Å². The number of nitrogens with zero attached hydrogens (tertiary/aromatic N) is 1. The van der Waals surface area contributed by atoms with Gasteiger partial charge in [0.15, 0.2) is 0 Å². The molecule has 1 saturated heterocycles. The minimum Gasteiger partial charge on any atom is -0.381 e. The molecule has 0 saturated carbocycles. The van der Waals surface area contributed by atoms with Crippen molar-refractivity contribution < 1.29 is 9.84 Å². The topological polar surface area (TPSA) is 42.4 Å². The molecule has 4 heteroatoms. The summed E-state index contributed by atoms with van der Waals surface area (Å²) in [5, 5.41) is 10.1. The van der Waals surface area contributed by atoms with E-state index in [2.05, 4.69) is 20.9 Å². The Hall–Kier alpha value is -0.450. The van der Waals surface area contributed by atoms with Crippen LogP contribution in [0.25, 0.3) is 0 Å². The molecule has 3 nitrogen and oxygen atoms in total. The second kappa shape index (κ2) is 3.36. The summed E-state index contributed by atoms with van der Waals surface area (Å²) in [7, 11) is 0. The second-order valence-corrected chi connectivity index (χ2v) is 4.11. The summed E-state index contributed by atoms with van der Waals surface area (Å²) >= 11 is 3.30. The Bertz CT molecular complexity index is 293. The van der Waals surface area contributed by atoms with Crippen LogP contribution in [0.3, 0.4) is 0 Å². The Morgan fingerprint density at radius 2 is 2.38 bits per heavy atom. The van der Waals surface area contributed by atoms with Crippen molar-refractivity contribution in [2.24, 2.45) is 0 Å². The highest BCUT2D eigenvalue weighted by atomic mass is 79.9. The number of aliphatic hydroxyl groups is 1. The maximum Gasteiger partial charge on any atom is 0.132 e. The third-order valence-electron chi connectivity index (χ3n) is 2.20. The van der Waals surface area contributed by atoms with Crippen LogP contribution in [0.4, 0.5) is 0 Å². The van der Waals surface area contributed by atoms with Crippen LogP contribution < -0.4 is 0 Å². The lowest BCUT2D eigenvalue weighted by Crippen LogP contribution is -2.26. The summed E-state index contributed by atoms with van der Waals surface area (Å²) in [4.78, 5) is 4.16. The molecule has 1 N–H and O–H groups in total. The maximum absolute atomic E-state index is 10.1. The molecule has 0 amide bonds. The number of hydrogen-bond acceptors (Lipinski definition) is 3. The first kappa shape index (κ1) is 9.12. The predicted molar refractivity (Wildman–Crippen MR) is 51.3 cm³/mol. The Labute approximate surface area is 84.9 Å². The number of aromatic nitrogens is 1. The van der Waals surface area contributed by atoms with Crippen LogP contribution in [-0.4, -0.2) is 23.3 Å². The van der Waals surface area contributed by atoms with Gasteiger partial charge in [-0.25, -0.2) is 0 Å². The Kier molecular flexibility index (Phi) is 2.36. The van der Waals surface area contributed by atoms with E-state index in [1.54, 1.807) is 6.20 Å². The number of pyridine rings is 1. The van der Waals surface area contributed by atoms with Crippen LogP contribution in [-0.2, 0) is 10.3 Å². The van der Waals surface area contributed by atoms with E-state index in [9.17, 15) is 5.11 Å². The van der Waals surface area contributed by atoms with Crippen molar-refractivity contribution in [3.8, 4) is 0 Å². The molecule has 1 aliphatic heterocycles. The average molecular weight is 244 g/mol. The first-order valence-corrected chi connectivity index (χ1v) is 4.92. The summed E-state index contributed by atoms with van der Waals surface area (Å²) in [6.45, 7) is 0.954. The molecule has 70 valence electrons. The van der Waals surface area contributed by atoms with Crippen molar-refractivity contribution in [3.63, 3.8) is 0 Å². The van der Waals surface area contributed by atoms with E-state index in [-0.39, 0.29) is 0 Å². The predicted octanol–water partition coefficient (Wildman–Crippen LogP) is 1.45. The van der Waals surface area contributed by atoms with Gasteiger partial charge in [0.2, 0.25) is 0 Å². The zero-order chi connectivity index (χ0) is 9.31. The summed E-state index contributed by atoms with van der Waals surface area (Å²) in [6.07, 6.45) is 2.31. The van der Waals surface area contributed by atoms with Crippen molar-refractivity contribution in [3.05, 3.63) is 28.5 Å². The van der Waals surface area contributed by atoms with E-state index < -0.39 is 5.60 Å². The van der Waals surface area contributed by atoms with Crippen LogP contribution in [0.2, 0.25) is 0 Å². The minimum absolute atomic E-state index is 0.349. The van der Waals surface area contributed by atoms with Crippen LogP contribution in [0, 0.1) is 0 Å². The van der Waals surface area contributed by atoms with Gasteiger partial charge in [0, 0.05) is 23.7 Å². The molecular weight excluding hydrogens is 234 g/mol. The molecule has 0 radical (unpaired) electrons. The summed E-state index contributed by atoms with van der Waals surface area (Å²) in [5.41, 5.74) is -0.186. The van der Waals surface area contributed by atoms with Gasteiger partial charge in [0.25, 0.3) is 0 Å². The zero-order valence-electron chi connectivity index (χ0n) is 7.03. The second-order valence-electron chi connectivity index (χ2n) is 3.20. The van der Waals surface area contributed by atoms with Gasteiger partial charge in [0.1, 0.15) is 5.60 Å². The molecule has 0 aliphatic carbocycles. The molecule has 1 atom stereocenters. The van der Waals surface area contributed by atoms with Crippen molar-refractivity contribution in [2.45, 2.75) is 12.0 Å². The molecule has 1 unspecified atom stereocenters. The first-order chi connectivity index (χ1) is 6.21. The van der Waals surface area contributed by atoms with E-state index >= 15 is 0 Å². The first-order valence-electron chi connectivity index (χ1n) is 4.13. The highest BCUT2D eigenvalue weighted by Crippen LogP contribution is 2.28. The van der Waals surface area contributed by atoms with E-state index in [1.807, 2.05) is 12.1 Å². The van der Waals surface area contributed by atoms with E-state index in [0.717, 1.165) is 4.47 Å². The highest BCUT2D eigenvalue weighted by molar-refractivity contribution is 9.10. The van der Waals surface area contributed by atoms with Gasteiger partial charge in [-0.2, -0.15) is 0 Å². The number of hydrogen-bond donors (Lipinski definition) is 1. The van der Waals surface area contributed by atoms with Gasteiger partial charge < -0.3 is 9.84 Å². The van der Waals surface area contributed by atoms with E-state index in [4.69, 9.17) is 4.74 Å². The Balaban J connectivity index is 2.29. The number of rotatable bonds is 1. The lowest BCUT2D eigenvalue weighted by atomic mass is 9.99. The smallest absolute Gasteiger partial charge is 0.132 e. The van der Waals surface area contributed by atoms with Gasteiger partial charge in [-0.3, -0.25) is 4.98 Å². The molecule has 2 heterocycles. The van der Waals surface area contributed by atoms with Gasteiger partial charge >= 0.3 is 0 Å². The summed E-state index contributed by atoms with van der Waals surface area (Å²) in [5.74, 6) is 0. The normalized spacial score (nSPS) is 27.8. The largest absolute Gasteiger partial charge is 0.381 e. The van der Waals surface area contributed by atoms with E-state index in [0.29, 0.717) is 25.3 Å². The van der Waals surface area contributed by atoms with Crippen molar-refractivity contribution in [1.82, 2.24) is 4.98 Å². The SMILES string of the molecule is OC1(c2ccc(Br)cn2)CCOC1. The van der Waals surface area contributed by atoms with Gasteiger partial charge in [-0.05, 0) is 28.1 Å². The van der Waals surface area contributed by atoms with Crippen LogP contribution in [0.1, 0.15) is 12.1 Å². The molecule has 1 fully saturated rings. The van der Waals surface area contributed by atoms with Gasteiger partial charge in [-0.1, -0.05) is 0 Å². The van der Waals surface area contributed by atoms with Crippen LogP contribution in [0.15, 0.2) is 22.8 Å². The molecular formula is C9H10BrNO2. The monoisotopic (exact) mass is 243 g/mol. The lowest BCUT2D eigenvalue weighted by Gasteiger charge is -2.19. The molecule has 1 aliphatic rings. The molecule has 0 aromatic carbocycles. The van der Waals surface area contributed by atoms with Gasteiger partial charge in [-0.15, -0.1) is 0 Å². The fourth-order valence-corrected chi connectivity index (χ4v) is 1.64. The summed E-state index contributed by atoms with van der Waals surface area (Å²) < 4.78 is 6.06. The quantitative estimate of drug-likeness (QED) is 0.813. The molecule has 0 bridgehead atoms.